The molecule has 0 saturated carbocycles. The molecule has 0 radical (unpaired) electrons. The highest BCUT2D eigenvalue weighted by molar-refractivity contribution is 7.18. The SMILES string of the molecule is CC[C@H](C)OC(=O)[C@H](C)n1cnc2sc3c(c2c1=O)CC[C@@H](C(C)(C)C)C3. The quantitative estimate of drug-likeness (QED) is 0.721. The maximum absolute atomic E-state index is 13.2. The topological polar surface area (TPSA) is 61.2 Å². The zero-order chi connectivity index (χ0) is 19.9. The molecular weight excluding hydrogens is 360 g/mol. The van der Waals surface area contributed by atoms with Gasteiger partial charge in [0.05, 0.1) is 17.8 Å². The fraction of sp³-hybridized carbons (Fsp3) is 0.667. The maximum atomic E-state index is 13.2. The summed E-state index contributed by atoms with van der Waals surface area (Å²) in [7, 11) is 0. The van der Waals surface area contributed by atoms with Gasteiger partial charge in [0, 0.05) is 4.88 Å². The van der Waals surface area contributed by atoms with Gasteiger partial charge >= 0.3 is 5.97 Å². The number of esters is 1. The molecule has 3 rings (SSSR count). The average Bonchev–Trinajstić information content (AvgIpc) is 2.99. The van der Waals surface area contributed by atoms with Crippen molar-refractivity contribution in [2.45, 2.75) is 79.4 Å². The monoisotopic (exact) mass is 390 g/mol. The van der Waals surface area contributed by atoms with E-state index in [4.69, 9.17) is 4.74 Å². The third-order valence-corrected chi connectivity index (χ3v) is 7.03. The number of hydrogen-bond donors (Lipinski definition) is 0. The van der Waals surface area contributed by atoms with Crippen molar-refractivity contribution in [1.29, 1.82) is 0 Å². The molecule has 148 valence electrons. The molecule has 0 bridgehead atoms. The van der Waals surface area contributed by atoms with Crippen molar-refractivity contribution < 1.29 is 9.53 Å². The highest BCUT2D eigenvalue weighted by Gasteiger charge is 2.32. The lowest BCUT2D eigenvalue weighted by Crippen LogP contribution is -2.31. The minimum atomic E-state index is -0.676. The number of aryl methyl sites for hydroxylation is 1. The molecule has 2 heterocycles. The second kappa shape index (κ2) is 7.38. The Kier molecular flexibility index (Phi) is 5.48. The number of aromatic nitrogens is 2. The molecule has 2 aromatic rings. The van der Waals surface area contributed by atoms with Crippen molar-refractivity contribution in [2.24, 2.45) is 11.3 Å². The Labute approximate surface area is 164 Å². The molecule has 0 fully saturated rings. The third kappa shape index (κ3) is 3.82. The molecule has 0 amide bonds. The first-order valence-corrected chi connectivity index (χ1v) is 10.7. The number of rotatable bonds is 4. The Balaban J connectivity index is 1.97. The van der Waals surface area contributed by atoms with E-state index in [2.05, 4.69) is 25.8 Å². The highest BCUT2D eigenvalue weighted by Crippen LogP contribution is 2.42. The first-order chi connectivity index (χ1) is 12.6. The molecule has 0 aliphatic heterocycles. The van der Waals surface area contributed by atoms with Crippen LogP contribution in [0.5, 0.6) is 0 Å². The zero-order valence-corrected chi connectivity index (χ0v) is 18.0. The molecule has 0 saturated heterocycles. The molecule has 5 nitrogen and oxygen atoms in total. The fourth-order valence-corrected chi connectivity index (χ4v) is 4.95. The van der Waals surface area contributed by atoms with Gasteiger partial charge in [0.25, 0.3) is 5.56 Å². The summed E-state index contributed by atoms with van der Waals surface area (Å²) in [6, 6.07) is -0.676. The van der Waals surface area contributed by atoms with Crippen LogP contribution < -0.4 is 5.56 Å². The normalized spacial score (nSPS) is 19.6. The van der Waals surface area contributed by atoms with E-state index in [9.17, 15) is 9.59 Å². The van der Waals surface area contributed by atoms with Crippen molar-refractivity contribution >= 4 is 27.5 Å². The molecule has 6 heteroatoms. The average molecular weight is 391 g/mol. The van der Waals surface area contributed by atoms with Gasteiger partial charge in [0.15, 0.2) is 0 Å². The van der Waals surface area contributed by atoms with E-state index >= 15 is 0 Å². The van der Waals surface area contributed by atoms with E-state index in [0.29, 0.717) is 11.3 Å². The standard InChI is InChI=1S/C21H30N2O3S/c1-7-12(2)26-20(25)13(3)23-11-22-18-17(19(23)24)15-9-8-14(21(4,5)6)10-16(15)27-18/h11-14H,7-10H2,1-6H3/t12-,13-,14+/m0/s1. The maximum Gasteiger partial charge on any atom is 0.329 e. The third-order valence-electron chi connectivity index (χ3n) is 5.87. The predicted molar refractivity (Wildman–Crippen MR) is 109 cm³/mol. The number of ether oxygens (including phenoxy) is 1. The summed E-state index contributed by atoms with van der Waals surface area (Å²) in [4.78, 5) is 32.1. The lowest BCUT2D eigenvalue weighted by atomic mass is 9.72. The molecule has 0 aromatic carbocycles. The fourth-order valence-electron chi connectivity index (χ4n) is 3.69. The molecule has 0 spiro atoms. The number of carbonyl (C=O) groups is 1. The predicted octanol–water partition coefficient (Wildman–Crippen LogP) is 4.51. The van der Waals surface area contributed by atoms with Crippen LogP contribution in [0, 0.1) is 11.3 Å². The summed E-state index contributed by atoms with van der Waals surface area (Å²) in [5, 5.41) is 0.702. The first kappa shape index (κ1) is 20.1. The molecule has 3 atom stereocenters. The van der Waals surface area contributed by atoms with Crippen LogP contribution in [-0.4, -0.2) is 21.6 Å². The molecular formula is C21H30N2O3S. The first-order valence-electron chi connectivity index (χ1n) is 9.85. The summed E-state index contributed by atoms with van der Waals surface area (Å²) in [6.45, 7) is 12.4. The number of carbonyl (C=O) groups excluding carboxylic acids is 1. The second-order valence-corrected chi connectivity index (χ2v) is 9.86. The summed E-state index contributed by atoms with van der Waals surface area (Å²) in [5.74, 6) is 0.231. The summed E-state index contributed by atoms with van der Waals surface area (Å²) in [5.41, 5.74) is 1.28. The van der Waals surface area contributed by atoms with E-state index in [-0.39, 0.29) is 23.0 Å². The van der Waals surface area contributed by atoms with Crippen LogP contribution in [0.25, 0.3) is 10.2 Å². The molecule has 1 aliphatic carbocycles. The van der Waals surface area contributed by atoms with Gasteiger partial charge in [0.1, 0.15) is 10.9 Å². The Hall–Kier alpha value is -1.69. The number of fused-ring (bicyclic) bond motifs is 3. The van der Waals surface area contributed by atoms with E-state index in [1.165, 1.54) is 15.8 Å². The van der Waals surface area contributed by atoms with Gasteiger partial charge in [-0.2, -0.15) is 0 Å². The smallest absolute Gasteiger partial charge is 0.329 e. The Morgan fingerprint density at radius 3 is 2.74 bits per heavy atom. The molecule has 0 N–H and O–H groups in total. The summed E-state index contributed by atoms with van der Waals surface area (Å²) < 4.78 is 6.83. The highest BCUT2D eigenvalue weighted by atomic mass is 32.1. The van der Waals surface area contributed by atoms with Gasteiger partial charge in [-0.3, -0.25) is 9.36 Å². The summed E-state index contributed by atoms with van der Waals surface area (Å²) >= 11 is 1.64. The number of nitrogens with zero attached hydrogens (tertiary/aromatic N) is 2. The Morgan fingerprint density at radius 2 is 2.11 bits per heavy atom. The van der Waals surface area contributed by atoms with Crippen LogP contribution in [0.1, 0.15) is 70.9 Å². The van der Waals surface area contributed by atoms with E-state index in [1.807, 2.05) is 13.8 Å². The van der Waals surface area contributed by atoms with Crippen molar-refractivity contribution in [2.75, 3.05) is 0 Å². The van der Waals surface area contributed by atoms with Crippen molar-refractivity contribution in [1.82, 2.24) is 9.55 Å². The Bertz CT molecular complexity index is 907. The van der Waals surface area contributed by atoms with Gasteiger partial charge in [-0.1, -0.05) is 27.7 Å². The van der Waals surface area contributed by atoms with Gasteiger partial charge < -0.3 is 4.74 Å². The second-order valence-electron chi connectivity index (χ2n) is 8.78. The van der Waals surface area contributed by atoms with Crippen LogP contribution in [0.3, 0.4) is 0 Å². The van der Waals surface area contributed by atoms with E-state index < -0.39 is 6.04 Å². The molecule has 27 heavy (non-hydrogen) atoms. The minimum absolute atomic E-state index is 0.125. The van der Waals surface area contributed by atoms with Crippen LogP contribution in [0.15, 0.2) is 11.1 Å². The lowest BCUT2D eigenvalue weighted by Gasteiger charge is -2.33. The van der Waals surface area contributed by atoms with Gasteiger partial charge in [-0.05, 0) is 56.4 Å². The van der Waals surface area contributed by atoms with Crippen LogP contribution in [0.2, 0.25) is 0 Å². The van der Waals surface area contributed by atoms with Crippen molar-refractivity contribution in [3.05, 3.63) is 27.1 Å². The lowest BCUT2D eigenvalue weighted by molar-refractivity contribution is -0.152. The van der Waals surface area contributed by atoms with Gasteiger partial charge in [0.2, 0.25) is 0 Å². The van der Waals surface area contributed by atoms with Crippen LogP contribution >= 0.6 is 11.3 Å². The Morgan fingerprint density at radius 1 is 1.41 bits per heavy atom. The summed E-state index contributed by atoms with van der Waals surface area (Å²) in [6.07, 6.45) is 5.08. The molecule has 2 aromatic heterocycles. The number of thiophene rings is 1. The van der Waals surface area contributed by atoms with Crippen LogP contribution in [0.4, 0.5) is 0 Å². The van der Waals surface area contributed by atoms with E-state index in [1.54, 1.807) is 18.3 Å². The zero-order valence-electron chi connectivity index (χ0n) is 17.2. The van der Waals surface area contributed by atoms with Crippen molar-refractivity contribution in [3.63, 3.8) is 0 Å². The van der Waals surface area contributed by atoms with Gasteiger partial charge in [-0.15, -0.1) is 11.3 Å². The van der Waals surface area contributed by atoms with E-state index in [0.717, 1.165) is 36.1 Å². The molecule has 1 aliphatic rings. The number of hydrogen-bond acceptors (Lipinski definition) is 5. The van der Waals surface area contributed by atoms with Gasteiger partial charge in [-0.25, -0.2) is 9.78 Å². The van der Waals surface area contributed by atoms with Crippen molar-refractivity contribution in [3.8, 4) is 0 Å². The largest absolute Gasteiger partial charge is 0.461 e. The minimum Gasteiger partial charge on any atom is -0.461 e. The molecule has 0 unspecified atom stereocenters. The van der Waals surface area contributed by atoms with Crippen LogP contribution in [-0.2, 0) is 22.4 Å².